The number of amides is 1. The van der Waals surface area contributed by atoms with Crippen LogP contribution in [0.15, 0.2) is 43.4 Å². The Labute approximate surface area is 168 Å². The van der Waals surface area contributed by atoms with E-state index in [1.807, 2.05) is 23.1 Å². The molecule has 0 bridgehead atoms. The molecular formula is C21H23N7O. The summed E-state index contributed by atoms with van der Waals surface area (Å²) in [5.41, 5.74) is 2.41. The third-order valence-corrected chi connectivity index (χ3v) is 5.76. The zero-order valence-corrected chi connectivity index (χ0v) is 16.1. The topological polar surface area (TPSA) is 98.5 Å². The second kappa shape index (κ2) is 7.69. The summed E-state index contributed by atoms with van der Waals surface area (Å²) in [5.74, 6) is 1.28. The summed E-state index contributed by atoms with van der Waals surface area (Å²) in [7, 11) is 0. The van der Waals surface area contributed by atoms with Gasteiger partial charge in [-0.15, -0.1) is 0 Å². The molecule has 0 aliphatic heterocycles. The first-order valence-corrected chi connectivity index (χ1v) is 10.2. The summed E-state index contributed by atoms with van der Waals surface area (Å²) in [5, 5.41) is 7.67. The second-order valence-electron chi connectivity index (χ2n) is 7.89. The lowest BCUT2D eigenvalue weighted by atomic mass is 9.91. The van der Waals surface area contributed by atoms with Gasteiger partial charge in [0.25, 0.3) is 5.91 Å². The molecular weight excluding hydrogens is 366 g/mol. The van der Waals surface area contributed by atoms with Crippen LogP contribution >= 0.6 is 0 Å². The quantitative estimate of drug-likeness (QED) is 0.720. The van der Waals surface area contributed by atoms with Gasteiger partial charge in [-0.25, -0.2) is 19.9 Å². The van der Waals surface area contributed by atoms with Crippen molar-refractivity contribution in [3.63, 3.8) is 0 Å². The summed E-state index contributed by atoms with van der Waals surface area (Å²) in [6.07, 6.45) is 16.6. The number of nitrogens with one attached hydrogen (secondary N) is 1. The van der Waals surface area contributed by atoms with Crippen molar-refractivity contribution in [3.05, 3.63) is 54.8 Å². The Balaban J connectivity index is 1.15. The Hall–Kier alpha value is -3.16. The van der Waals surface area contributed by atoms with Crippen molar-refractivity contribution in [1.82, 2.24) is 35.0 Å². The molecule has 0 saturated heterocycles. The average molecular weight is 389 g/mol. The van der Waals surface area contributed by atoms with E-state index in [0.29, 0.717) is 17.5 Å². The number of hydrogen-bond acceptors (Lipinski definition) is 6. The molecule has 148 valence electrons. The molecule has 0 atom stereocenters. The lowest BCUT2D eigenvalue weighted by Crippen LogP contribution is -2.38. The zero-order chi connectivity index (χ0) is 19.6. The van der Waals surface area contributed by atoms with E-state index >= 15 is 0 Å². The maximum absolute atomic E-state index is 12.5. The molecule has 3 heterocycles. The van der Waals surface area contributed by atoms with Crippen LogP contribution in [0, 0.1) is 0 Å². The molecule has 0 aromatic carbocycles. The van der Waals surface area contributed by atoms with Gasteiger partial charge in [-0.2, -0.15) is 5.10 Å². The number of aromatic nitrogens is 6. The van der Waals surface area contributed by atoms with E-state index < -0.39 is 0 Å². The SMILES string of the molecule is O=C(NC1CCC(n2cc(-c3ccncn3)cn2)CC1)c1cnc(C2CC2)nc1. The predicted octanol–water partition coefficient (Wildman–Crippen LogP) is 2.92. The standard InChI is InChI=1S/C21H23N7O/c29-21(15-9-23-20(24-10-15)14-1-2-14)27-17-3-5-18(6-4-17)28-12-16(11-26-28)19-7-8-22-13-25-19/h7-14,17-18H,1-6H2,(H,27,29). The van der Waals surface area contributed by atoms with Crippen molar-refractivity contribution < 1.29 is 4.79 Å². The first kappa shape index (κ1) is 17.9. The van der Waals surface area contributed by atoms with Crippen LogP contribution in [0.1, 0.15) is 66.7 Å². The van der Waals surface area contributed by atoms with Gasteiger partial charge in [0.15, 0.2) is 0 Å². The van der Waals surface area contributed by atoms with Gasteiger partial charge < -0.3 is 5.32 Å². The van der Waals surface area contributed by atoms with Crippen LogP contribution in [0.2, 0.25) is 0 Å². The molecule has 29 heavy (non-hydrogen) atoms. The van der Waals surface area contributed by atoms with E-state index in [-0.39, 0.29) is 11.9 Å². The van der Waals surface area contributed by atoms with Crippen LogP contribution in [-0.2, 0) is 0 Å². The Morgan fingerprint density at radius 3 is 2.48 bits per heavy atom. The van der Waals surface area contributed by atoms with Crippen molar-refractivity contribution in [3.8, 4) is 11.3 Å². The fraction of sp³-hybridized carbons (Fsp3) is 0.429. The number of carbonyl (C=O) groups excluding carboxylic acids is 1. The van der Waals surface area contributed by atoms with Gasteiger partial charge in [0.1, 0.15) is 12.2 Å². The minimum Gasteiger partial charge on any atom is -0.349 e. The first-order valence-electron chi connectivity index (χ1n) is 10.2. The van der Waals surface area contributed by atoms with Crippen molar-refractivity contribution in [2.75, 3.05) is 0 Å². The van der Waals surface area contributed by atoms with Crippen molar-refractivity contribution in [2.24, 2.45) is 0 Å². The molecule has 3 aromatic heterocycles. The third kappa shape index (κ3) is 4.01. The number of rotatable bonds is 5. The first-order chi connectivity index (χ1) is 14.3. The van der Waals surface area contributed by atoms with Crippen molar-refractivity contribution in [1.29, 1.82) is 0 Å². The highest BCUT2D eigenvalue weighted by molar-refractivity contribution is 5.93. The summed E-state index contributed by atoms with van der Waals surface area (Å²) in [6, 6.07) is 2.41. The molecule has 8 nitrogen and oxygen atoms in total. The van der Waals surface area contributed by atoms with Gasteiger partial charge in [-0.3, -0.25) is 9.48 Å². The largest absolute Gasteiger partial charge is 0.349 e. The van der Waals surface area contributed by atoms with Crippen LogP contribution in [0.3, 0.4) is 0 Å². The molecule has 8 heteroatoms. The normalized spacial score (nSPS) is 21.7. The Morgan fingerprint density at radius 1 is 1.00 bits per heavy atom. The Morgan fingerprint density at radius 2 is 1.79 bits per heavy atom. The predicted molar refractivity (Wildman–Crippen MR) is 106 cm³/mol. The molecule has 2 aliphatic rings. The monoisotopic (exact) mass is 389 g/mol. The van der Waals surface area contributed by atoms with Crippen molar-refractivity contribution in [2.45, 2.75) is 56.5 Å². The maximum atomic E-state index is 12.5. The van der Waals surface area contributed by atoms with E-state index in [2.05, 4.69) is 30.4 Å². The molecule has 2 fully saturated rings. The molecule has 5 rings (SSSR count). The summed E-state index contributed by atoms with van der Waals surface area (Å²) in [4.78, 5) is 29.4. The molecule has 0 spiro atoms. The van der Waals surface area contributed by atoms with Gasteiger partial charge in [-0.05, 0) is 44.6 Å². The molecule has 2 aliphatic carbocycles. The lowest BCUT2D eigenvalue weighted by molar-refractivity contribution is 0.0921. The van der Waals surface area contributed by atoms with E-state index in [9.17, 15) is 4.79 Å². The minimum atomic E-state index is -0.0825. The second-order valence-corrected chi connectivity index (χ2v) is 7.89. The summed E-state index contributed by atoms with van der Waals surface area (Å²) in [6.45, 7) is 0. The van der Waals surface area contributed by atoms with Gasteiger partial charge in [0.2, 0.25) is 0 Å². The van der Waals surface area contributed by atoms with Crippen LogP contribution in [0.5, 0.6) is 0 Å². The zero-order valence-electron chi connectivity index (χ0n) is 16.1. The minimum absolute atomic E-state index is 0.0825. The fourth-order valence-electron chi connectivity index (χ4n) is 3.89. The molecule has 0 unspecified atom stereocenters. The number of nitrogens with zero attached hydrogens (tertiary/aromatic N) is 6. The van der Waals surface area contributed by atoms with Crippen LogP contribution in [0.25, 0.3) is 11.3 Å². The molecule has 1 N–H and O–H groups in total. The van der Waals surface area contributed by atoms with E-state index in [1.54, 1.807) is 24.9 Å². The molecule has 1 amide bonds. The lowest BCUT2D eigenvalue weighted by Gasteiger charge is -2.29. The number of hydrogen-bond donors (Lipinski definition) is 1. The average Bonchev–Trinajstić information content (AvgIpc) is 3.51. The van der Waals surface area contributed by atoms with Gasteiger partial charge in [-0.1, -0.05) is 0 Å². The number of carbonyl (C=O) groups is 1. The highest BCUT2D eigenvalue weighted by Crippen LogP contribution is 2.37. The third-order valence-electron chi connectivity index (χ3n) is 5.76. The van der Waals surface area contributed by atoms with Gasteiger partial charge >= 0.3 is 0 Å². The highest BCUT2D eigenvalue weighted by atomic mass is 16.1. The van der Waals surface area contributed by atoms with Crippen molar-refractivity contribution >= 4 is 5.91 Å². The van der Waals surface area contributed by atoms with E-state index in [1.165, 1.54) is 0 Å². The van der Waals surface area contributed by atoms with Gasteiger partial charge in [0, 0.05) is 42.3 Å². The van der Waals surface area contributed by atoms with Gasteiger partial charge in [0.05, 0.1) is 23.5 Å². The van der Waals surface area contributed by atoms with Crippen LogP contribution in [-0.4, -0.2) is 41.7 Å². The van der Waals surface area contributed by atoms with Crippen LogP contribution < -0.4 is 5.32 Å². The summed E-state index contributed by atoms with van der Waals surface area (Å²) < 4.78 is 2.03. The van der Waals surface area contributed by atoms with E-state index in [4.69, 9.17) is 0 Å². The molecule has 0 radical (unpaired) electrons. The highest BCUT2D eigenvalue weighted by Gasteiger charge is 2.27. The Kier molecular flexibility index (Phi) is 4.75. The smallest absolute Gasteiger partial charge is 0.254 e. The van der Waals surface area contributed by atoms with Crippen LogP contribution in [0.4, 0.5) is 0 Å². The summed E-state index contributed by atoms with van der Waals surface area (Å²) >= 11 is 0. The Bertz CT molecular complexity index is 974. The van der Waals surface area contributed by atoms with E-state index in [0.717, 1.165) is 55.6 Å². The fourth-order valence-corrected chi connectivity index (χ4v) is 3.89. The molecule has 3 aromatic rings. The maximum Gasteiger partial charge on any atom is 0.254 e. The molecule has 2 saturated carbocycles.